The van der Waals surface area contributed by atoms with Crippen LogP contribution in [0, 0.1) is 17.8 Å². The molecule has 1 aliphatic carbocycles. The largest absolute Gasteiger partial charge is 0.356 e. The number of terminal acetylenes is 1. The molecule has 1 heterocycles. The van der Waals surface area contributed by atoms with Crippen molar-refractivity contribution in [1.29, 1.82) is 0 Å². The molecule has 3 rings (SSSR count). The van der Waals surface area contributed by atoms with Crippen LogP contribution in [0.15, 0.2) is 30.3 Å². The quantitative estimate of drug-likeness (QED) is 0.726. The van der Waals surface area contributed by atoms with Crippen LogP contribution in [-0.4, -0.2) is 11.9 Å². The van der Waals surface area contributed by atoms with E-state index in [4.69, 9.17) is 11.2 Å². The lowest BCUT2D eigenvalue weighted by molar-refractivity contribution is -0.164. The number of benzene rings is 1. The van der Waals surface area contributed by atoms with Crippen molar-refractivity contribution in [3.05, 3.63) is 35.9 Å². The average molecular weight is 268 g/mol. The van der Waals surface area contributed by atoms with Crippen molar-refractivity contribution < 1.29 is 9.53 Å². The highest BCUT2D eigenvalue weighted by molar-refractivity contribution is 5.87. The minimum absolute atomic E-state index is 0.175. The van der Waals surface area contributed by atoms with E-state index >= 15 is 0 Å². The first-order valence-corrected chi connectivity index (χ1v) is 7.46. The summed E-state index contributed by atoms with van der Waals surface area (Å²) in [6.45, 7) is 0. The predicted molar refractivity (Wildman–Crippen MR) is 78.0 cm³/mol. The summed E-state index contributed by atoms with van der Waals surface area (Å²) in [5, 5.41) is 0. The third kappa shape index (κ3) is 2.17. The van der Waals surface area contributed by atoms with Gasteiger partial charge in [-0.1, -0.05) is 55.5 Å². The molecule has 1 spiro atoms. The second-order valence-electron chi connectivity index (χ2n) is 5.93. The van der Waals surface area contributed by atoms with E-state index in [1.165, 1.54) is 6.42 Å². The van der Waals surface area contributed by atoms with Gasteiger partial charge in [0.2, 0.25) is 0 Å². The second kappa shape index (κ2) is 5.42. The lowest BCUT2D eigenvalue weighted by Gasteiger charge is -2.46. The smallest absolute Gasteiger partial charge is 0.145 e. The third-order valence-electron chi connectivity index (χ3n) is 4.76. The van der Waals surface area contributed by atoms with Crippen LogP contribution < -0.4 is 0 Å². The SMILES string of the molecule is C#C[C@H]1CC(=O)C2(CCCCC2)[C@@H](c2ccccc2)O1. The van der Waals surface area contributed by atoms with E-state index < -0.39 is 0 Å². The number of ether oxygens (including phenoxy) is 1. The van der Waals surface area contributed by atoms with Gasteiger partial charge in [-0.2, -0.15) is 0 Å². The fraction of sp³-hybridized carbons (Fsp3) is 0.500. The standard InChI is InChI=1S/C18H20O2/c1-2-15-13-16(19)18(11-7-4-8-12-18)17(20-15)14-9-5-3-6-10-14/h1,3,5-6,9-10,15,17H,4,7-8,11-13H2/t15-,17+/m0/s1. The Labute approximate surface area is 120 Å². The number of Topliss-reactive ketones (excluding diaryl/α,β-unsaturated/α-hetero) is 1. The van der Waals surface area contributed by atoms with Gasteiger partial charge < -0.3 is 4.74 Å². The molecule has 2 fully saturated rings. The number of carbonyl (C=O) groups is 1. The lowest BCUT2D eigenvalue weighted by Crippen LogP contribution is -2.47. The Morgan fingerprint density at radius 3 is 2.50 bits per heavy atom. The minimum atomic E-state index is -0.375. The van der Waals surface area contributed by atoms with E-state index in [0.717, 1.165) is 31.2 Å². The Morgan fingerprint density at radius 1 is 1.15 bits per heavy atom. The number of rotatable bonds is 1. The molecule has 20 heavy (non-hydrogen) atoms. The first-order chi connectivity index (χ1) is 9.76. The van der Waals surface area contributed by atoms with Crippen LogP contribution in [0.25, 0.3) is 0 Å². The highest BCUT2D eigenvalue weighted by Crippen LogP contribution is 2.52. The van der Waals surface area contributed by atoms with Crippen molar-refractivity contribution in [2.45, 2.75) is 50.7 Å². The number of hydrogen-bond donors (Lipinski definition) is 0. The van der Waals surface area contributed by atoms with Crippen molar-refractivity contribution in [3.8, 4) is 12.3 Å². The van der Waals surface area contributed by atoms with Gasteiger partial charge in [0.1, 0.15) is 11.9 Å². The summed E-state index contributed by atoms with van der Waals surface area (Å²) in [5.74, 6) is 2.92. The summed E-state index contributed by atoms with van der Waals surface area (Å²) in [6.07, 6.45) is 10.6. The molecule has 2 nitrogen and oxygen atoms in total. The maximum absolute atomic E-state index is 12.7. The first-order valence-electron chi connectivity index (χ1n) is 7.46. The molecule has 0 radical (unpaired) electrons. The Balaban J connectivity index is 2.00. The fourth-order valence-corrected chi connectivity index (χ4v) is 3.71. The molecule has 2 heteroatoms. The van der Waals surface area contributed by atoms with Crippen molar-refractivity contribution in [1.82, 2.24) is 0 Å². The summed E-state index contributed by atoms with van der Waals surface area (Å²) < 4.78 is 6.13. The van der Waals surface area contributed by atoms with Gasteiger partial charge in [-0.3, -0.25) is 4.79 Å². The highest BCUT2D eigenvalue weighted by Gasteiger charge is 2.51. The fourth-order valence-electron chi connectivity index (χ4n) is 3.71. The topological polar surface area (TPSA) is 26.3 Å². The van der Waals surface area contributed by atoms with Crippen LogP contribution in [0.2, 0.25) is 0 Å². The molecule has 2 aliphatic rings. The van der Waals surface area contributed by atoms with Crippen molar-refractivity contribution in [2.75, 3.05) is 0 Å². The molecule has 2 atom stereocenters. The van der Waals surface area contributed by atoms with E-state index in [9.17, 15) is 4.79 Å². The van der Waals surface area contributed by atoms with Crippen LogP contribution in [-0.2, 0) is 9.53 Å². The highest BCUT2D eigenvalue weighted by atomic mass is 16.5. The molecule has 0 amide bonds. The molecule has 1 saturated heterocycles. The zero-order valence-electron chi connectivity index (χ0n) is 11.7. The van der Waals surface area contributed by atoms with Gasteiger partial charge in [0.05, 0.1) is 11.5 Å². The molecule has 0 unspecified atom stereocenters. The molecule has 0 N–H and O–H groups in total. The first kappa shape index (κ1) is 13.4. The summed E-state index contributed by atoms with van der Waals surface area (Å²) in [6, 6.07) is 10.1. The Bertz CT molecular complexity index is 520. The van der Waals surface area contributed by atoms with Gasteiger partial charge in [-0.15, -0.1) is 6.42 Å². The van der Waals surface area contributed by atoms with Crippen LogP contribution in [0.1, 0.15) is 50.2 Å². The average Bonchev–Trinajstić information content (AvgIpc) is 2.52. The molecule has 0 aromatic heterocycles. The van der Waals surface area contributed by atoms with Gasteiger partial charge in [-0.05, 0) is 18.4 Å². The summed E-state index contributed by atoms with van der Waals surface area (Å²) in [7, 11) is 0. The summed E-state index contributed by atoms with van der Waals surface area (Å²) in [5.41, 5.74) is 0.746. The molecule has 0 bridgehead atoms. The maximum atomic E-state index is 12.7. The van der Waals surface area contributed by atoms with E-state index in [0.29, 0.717) is 12.2 Å². The number of hydrogen-bond acceptors (Lipinski definition) is 2. The molecule has 1 aliphatic heterocycles. The Morgan fingerprint density at radius 2 is 1.85 bits per heavy atom. The summed E-state index contributed by atoms with van der Waals surface area (Å²) >= 11 is 0. The van der Waals surface area contributed by atoms with E-state index in [-0.39, 0.29) is 17.6 Å². The number of ketones is 1. The Kier molecular flexibility index (Phi) is 3.63. The normalized spacial score (nSPS) is 29.1. The van der Waals surface area contributed by atoms with E-state index in [1.54, 1.807) is 0 Å². The molecule has 104 valence electrons. The van der Waals surface area contributed by atoms with Crippen LogP contribution in [0.4, 0.5) is 0 Å². The van der Waals surface area contributed by atoms with Crippen LogP contribution >= 0.6 is 0 Å². The maximum Gasteiger partial charge on any atom is 0.145 e. The van der Waals surface area contributed by atoms with E-state index in [2.05, 4.69) is 5.92 Å². The lowest BCUT2D eigenvalue weighted by atomic mass is 9.63. The van der Waals surface area contributed by atoms with Crippen LogP contribution in [0.3, 0.4) is 0 Å². The zero-order chi connectivity index (χ0) is 14.0. The molecule has 1 saturated carbocycles. The monoisotopic (exact) mass is 268 g/mol. The van der Waals surface area contributed by atoms with Gasteiger partial charge >= 0.3 is 0 Å². The summed E-state index contributed by atoms with van der Waals surface area (Å²) in [4.78, 5) is 12.7. The van der Waals surface area contributed by atoms with Gasteiger partial charge in [0.25, 0.3) is 0 Å². The Hall–Kier alpha value is -1.59. The number of carbonyl (C=O) groups excluding carboxylic acids is 1. The van der Waals surface area contributed by atoms with Gasteiger partial charge in [-0.25, -0.2) is 0 Å². The minimum Gasteiger partial charge on any atom is -0.356 e. The molecule has 1 aromatic rings. The predicted octanol–water partition coefficient (Wildman–Crippen LogP) is 3.67. The molecular weight excluding hydrogens is 248 g/mol. The van der Waals surface area contributed by atoms with Crippen LogP contribution in [0.5, 0.6) is 0 Å². The van der Waals surface area contributed by atoms with Gasteiger partial charge in [0.15, 0.2) is 0 Å². The molecule has 1 aromatic carbocycles. The zero-order valence-corrected chi connectivity index (χ0v) is 11.7. The van der Waals surface area contributed by atoms with Crippen molar-refractivity contribution in [3.63, 3.8) is 0 Å². The third-order valence-corrected chi connectivity index (χ3v) is 4.76. The molecular formula is C18H20O2. The van der Waals surface area contributed by atoms with E-state index in [1.807, 2.05) is 30.3 Å². The van der Waals surface area contributed by atoms with Crippen molar-refractivity contribution >= 4 is 5.78 Å². The van der Waals surface area contributed by atoms with Crippen molar-refractivity contribution in [2.24, 2.45) is 5.41 Å². The van der Waals surface area contributed by atoms with Gasteiger partial charge in [0, 0.05) is 6.42 Å². The second-order valence-corrected chi connectivity index (χ2v) is 5.93.